The van der Waals surface area contributed by atoms with Gasteiger partial charge >= 0.3 is 5.97 Å². The van der Waals surface area contributed by atoms with Gasteiger partial charge in [-0.3, -0.25) is 0 Å². The Hall–Kier alpha value is -2.30. The fraction of sp³-hybridized carbons (Fsp3) is 0.231. The number of hydrogen-bond acceptors (Lipinski definition) is 3. The highest BCUT2D eigenvalue weighted by atomic mass is 16.5. The summed E-state index contributed by atoms with van der Waals surface area (Å²) in [6, 6.07) is 11.1. The van der Waals surface area contributed by atoms with Crippen LogP contribution in [-0.4, -0.2) is 27.5 Å². The van der Waals surface area contributed by atoms with Gasteiger partial charge in [-0.1, -0.05) is 30.3 Å². The fourth-order valence-corrected chi connectivity index (χ4v) is 1.64. The highest BCUT2D eigenvalue weighted by Crippen LogP contribution is 2.16. The number of aromatic nitrogens is 2. The van der Waals surface area contributed by atoms with Crippen LogP contribution in [0.3, 0.4) is 0 Å². The lowest BCUT2D eigenvalue weighted by atomic mass is 10.2. The van der Waals surface area contributed by atoms with Gasteiger partial charge in [0, 0.05) is 6.07 Å². The van der Waals surface area contributed by atoms with E-state index in [0.29, 0.717) is 19.0 Å². The largest absolute Gasteiger partial charge is 0.478 e. The first kappa shape index (κ1) is 12.2. The monoisotopic (exact) mass is 246 g/mol. The summed E-state index contributed by atoms with van der Waals surface area (Å²) in [5.74, 6) is -0.582. The van der Waals surface area contributed by atoms with E-state index in [1.54, 1.807) is 4.68 Å². The second-order valence-electron chi connectivity index (χ2n) is 3.75. The SMILES string of the molecule is CCOc1cc(C(=O)O)nn1Cc1ccccc1. The molecule has 0 aliphatic carbocycles. The number of carbonyl (C=O) groups is 1. The Morgan fingerprint density at radius 1 is 1.39 bits per heavy atom. The van der Waals surface area contributed by atoms with E-state index in [-0.39, 0.29) is 5.69 Å². The normalized spacial score (nSPS) is 10.3. The first-order valence-electron chi connectivity index (χ1n) is 5.68. The van der Waals surface area contributed by atoms with Gasteiger partial charge in [0.25, 0.3) is 0 Å². The molecule has 0 unspecified atom stereocenters. The van der Waals surface area contributed by atoms with Gasteiger partial charge in [-0.15, -0.1) is 0 Å². The number of ether oxygens (including phenoxy) is 1. The first-order valence-corrected chi connectivity index (χ1v) is 5.68. The molecule has 0 aliphatic heterocycles. The summed E-state index contributed by atoms with van der Waals surface area (Å²) >= 11 is 0. The summed E-state index contributed by atoms with van der Waals surface area (Å²) < 4.78 is 6.93. The van der Waals surface area contributed by atoms with Crippen LogP contribution in [0.25, 0.3) is 0 Å². The van der Waals surface area contributed by atoms with E-state index in [1.807, 2.05) is 37.3 Å². The Morgan fingerprint density at radius 3 is 2.72 bits per heavy atom. The zero-order valence-electron chi connectivity index (χ0n) is 10.0. The molecule has 0 spiro atoms. The molecule has 5 heteroatoms. The fourth-order valence-electron chi connectivity index (χ4n) is 1.64. The number of nitrogens with zero attached hydrogens (tertiary/aromatic N) is 2. The molecule has 0 radical (unpaired) electrons. The van der Waals surface area contributed by atoms with Gasteiger partial charge in [0.2, 0.25) is 5.88 Å². The van der Waals surface area contributed by atoms with Crippen LogP contribution < -0.4 is 4.74 Å². The van der Waals surface area contributed by atoms with Gasteiger partial charge in [0.15, 0.2) is 5.69 Å². The van der Waals surface area contributed by atoms with E-state index in [1.165, 1.54) is 6.07 Å². The van der Waals surface area contributed by atoms with E-state index in [2.05, 4.69) is 5.10 Å². The van der Waals surface area contributed by atoms with Crippen molar-refractivity contribution in [3.05, 3.63) is 47.7 Å². The molecule has 0 fully saturated rings. The van der Waals surface area contributed by atoms with Crippen LogP contribution in [-0.2, 0) is 6.54 Å². The molecule has 0 saturated carbocycles. The first-order chi connectivity index (χ1) is 8.70. The smallest absolute Gasteiger partial charge is 0.356 e. The average Bonchev–Trinajstić information content (AvgIpc) is 2.75. The Kier molecular flexibility index (Phi) is 3.62. The Morgan fingerprint density at radius 2 is 2.11 bits per heavy atom. The molecular weight excluding hydrogens is 232 g/mol. The van der Waals surface area contributed by atoms with Crippen molar-refractivity contribution in [3.63, 3.8) is 0 Å². The Bertz CT molecular complexity index is 534. The maximum atomic E-state index is 10.9. The van der Waals surface area contributed by atoms with Gasteiger partial charge in [-0.25, -0.2) is 9.48 Å². The predicted molar refractivity (Wildman–Crippen MR) is 65.9 cm³/mol. The summed E-state index contributed by atoms with van der Waals surface area (Å²) in [5.41, 5.74) is 1.04. The van der Waals surface area contributed by atoms with Crippen molar-refractivity contribution in [1.29, 1.82) is 0 Å². The molecule has 1 N–H and O–H groups in total. The minimum absolute atomic E-state index is 0.00520. The number of carboxylic acids is 1. The van der Waals surface area contributed by atoms with E-state index in [0.717, 1.165) is 5.56 Å². The zero-order chi connectivity index (χ0) is 13.0. The molecule has 0 aliphatic rings. The standard InChI is InChI=1S/C13H14N2O3/c1-2-18-12-8-11(13(16)17)14-15(12)9-10-6-4-3-5-7-10/h3-8H,2,9H2,1H3,(H,16,17). The molecule has 18 heavy (non-hydrogen) atoms. The van der Waals surface area contributed by atoms with Gasteiger partial charge in [0.05, 0.1) is 13.2 Å². The average molecular weight is 246 g/mol. The minimum atomic E-state index is -1.05. The number of hydrogen-bond donors (Lipinski definition) is 1. The van der Waals surface area contributed by atoms with Crippen molar-refractivity contribution in [2.45, 2.75) is 13.5 Å². The molecule has 0 atom stereocenters. The van der Waals surface area contributed by atoms with Crippen molar-refractivity contribution < 1.29 is 14.6 Å². The van der Waals surface area contributed by atoms with Gasteiger partial charge in [0.1, 0.15) is 0 Å². The zero-order valence-corrected chi connectivity index (χ0v) is 10.0. The lowest BCUT2D eigenvalue weighted by molar-refractivity contribution is 0.0689. The molecule has 2 aromatic rings. The molecule has 1 aromatic heterocycles. The van der Waals surface area contributed by atoms with E-state index >= 15 is 0 Å². The van der Waals surface area contributed by atoms with Crippen molar-refractivity contribution in [2.75, 3.05) is 6.61 Å². The predicted octanol–water partition coefficient (Wildman–Crippen LogP) is 2.03. The van der Waals surface area contributed by atoms with Crippen LogP contribution in [0, 0.1) is 0 Å². The highest BCUT2D eigenvalue weighted by molar-refractivity contribution is 5.85. The van der Waals surface area contributed by atoms with Crippen LogP contribution in [0.15, 0.2) is 36.4 Å². The maximum Gasteiger partial charge on any atom is 0.356 e. The van der Waals surface area contributed by atoms with Crippen LogP contribution in [0.1, 0.15) is 23.0 Å². The Labute approximate surface area is 105 Å². The summed E-state index contributed by atoms with van der Waals surface area (Å²) in [6.45, 7) is 2.81. The molecular formula is C13H14N2O3. The van der Waals surface area contributed by atoms with E-state index in [9.17, 15) is 4.79 Å². The summed E-state index contributed by atoms with van der Waals surface area (Å²) in [4.78, 5) is 10.9. The molecule has 1 heterocycles. The lowest BCUT2D eigenvalue weighted by Crippen LogP contribution is -2.07. The number of carboxylic acid groups (broad SMARTS) is 1. The van der Waals surface area contributed by atoms with E-state index < -0.39 is 5.97 Å². The second kappa shape index (κ2) is 5.35. The van der Waals surface area contributed by atoms with Crippen LogP contribution in [0.2, 0.25) is 0 Å². The molecule has 1 aromatic carbocycles. The topological polar surface area (TPSA) is 64.3 Å². The van der Waals surface area contributed by atoms with Crippen LogP contribution in [0.5, 0.6) is 5.88 Å². The molecule has 0 bridgehead atoms. The lowest BCUT2D eigenvalue weighted by Gasteiger charge is -2.07. The molecule has 2 rings (SSSR count). The molecule has 0 saturated heterocycles. The second-order valence-corrected chi connectivity index (χ2v) is 3.75. The quantitative estimate of drug-likeness (QED) is 0.876. The highest BCUT2D eigenvalue weighted by Gasteiger charge is 2.14. The molecule has 5 nitrogen and oxygen atoms in total. The van der Waals surface area contributed by atoms with E-state index in [4.69, 9.17) is 9.84 Å². The third-order valence-corrected chi connectivity index (χ3v) is 2.43. The van der Waals surface area contributed by atoms with Crippen LogP contribution >= 0.6 is 0 Å². The van der Waals surface area contributed by atoms with Gasteiger partial charge in [-0.2, -0.15) is 5.10 Å². The van der Waals surface area contributed by atoms with Crippen molar-refractivity contribution in [2.24, 2.45) is 0 Å². The summed E-state index contributed by atoms with van der Waals surface area (Å²) in [7, 11) is 0. The third kappa shape index (κ3) is 2.68. The van der Waals surface area contributed by atoms with Gasteiger partial charge < -0.3 is 9.84 Å². The summed E-state index contributed by atoms with van der Waals surface area (Å²) in [5, 5.41) is 12.9. The number of benzene rings is 1. The number of rotatable bonds is 5. The van der Waals surface area contributed by atoms with Crippen molar-refractivity contribution in [1.82, 2.24) is 9.78 Å². The maximum absolute atomic E-state index is 10.9. The van der Waals surface area contributed by atoms with Gasteiger partial charge in [-0.05, 0) is 12.5 Å². The van der Waals surface area contributed by atoms with Crippen molar-refractivity contribution >= 4 is 5.97 Å². The van der Waals surface area contributed by atoms with Crippen LogP contribution in [0.4, 0.5) is 0 Å². The minimum Gasteiger partial charge on any atom is -0.478 e. The van der Waals surface area contributed by atoms with Crippen molar-refractivity contribution in [3.8, 4) is 5.88 Å². The Balaban J connectivity index is 2.28. The third-order valence-electron chi connectivity index (χ3n) is 2.43. The molecule has 94 valence electrons. The summed E-state index contributed by atoms with van der Waals surface area (Å²) in [6.07, 6.45) is 0. The number of aromatic carboxylic acids is 1. The molecule has 0 amide bonds.